The van der Waals surface area contributed by atoms with Crippen LogP contribution in [0.25, 0.3) is 0 Å². The maximum Gasteiger partial charge on any atom is 0.145 e. The lowest BCUT2D eigenvalue weighted by Gasteiger charge is -2.16. The predicted octanol–water partition coefficient (Wildman–Crippen LogP) is 3.80. The highest BCUT2D eigenvalue weighted by Gasteiger charge is 2.09. The van der Waals surface area contributed by atoms with Crippen molar-refractivity contribution in [1.82, 2.24) is 0 Å². The Bertz CT molecular complexity index is 689. The smallest absolute Gasteiger partial charge is 0.145 e. The number of anilines is 2. The zero-order valence-corrected chi connectivity index (χ0v) is 11.5. The van der Waals surface area contributed by atoms with Crippen molar-refractivity contribution < 1.29 is 4.42 Å². The van der Waals surface area contributed by atoms with Crippen LogP contribution in [0.15, 0.2) is 58.9 Å². The minimum atomic E-state index is -0.00154. The van der Waals surface area contributed by atoms with E-state index in [9.17, 15) is 0 Å². The summed E-state index contributed by atoms with van der Waals surface area (Å²) < 4.78 is 5.36. The van der Waals surface area contributed by atoms with Crippen molar-refractivity contribution in [2.24, 2.45) is 0 Å². The molecule has 0 saturated heterocycles. The van der Waals surface area contributed by atoms with Gasteiger partial charge in [0.05, 0.1) is 23.7 Å². The van der Waals surface area contributed by atoms with Crippen molar-refractivity contribution in [2.45, 2.75) is 13.0 Å². The Balaban J connectivity index is 2.16. The topological polar surface area (TPSA) is 84.8 Å². The molecular weight excluding hydrogens is 264 g/mol. The molecule has 0 aliphatic heterocycles. The average molecular weight is 278 g/mol. The summed E-state index contributed by atoms with van der Waals surface area (Å²) in [6.07, 6.45) is 3.02. The maximum absolute atomic E-state index is 8.73. The van der Waals surface area contributed by atoms with Gasteiger partial charge in [-0.3, -0.25) is 0 Å². The lowest BCUT2D eigenvalue weighted by atomic mass is 10.2. The van der Waals surface area contributed by atoms with Gasteiger partial charge in [0.15, 0.2) is 0 Å². The van der Waals surface area contributed by atoms with Gasteiger partial charge in [0.1, 0.15) is 23.5 Å². The molecule has 0 amide bonds. The highest BCUT2D eigenvalue weighted by molar-refractivity contribution is 5.70. The number of hydrogen-bond donors (Lipinski definition) is 2. The van der Waals surface area contributed by atoms with Gasteiger partial charge in [-0.05, 0) is 31.2 Å². The van der Waals surface area contributed by atoms with E-state index in [0.717, 1.165) is 17.1 Å². The van der Waals surface area contributed by atoms with E-state index >= 15 is 0 Å². The van der Waals surface area contributed by atoms with Gasteiger partial charge in [-0.2, -0.15) is 10.5 Å². The molecule has 5 nitrogen and oxygen atoms in total. The molecule has 0 radical (unpaired) electrons. The first kappa shape index (κ1) is 14.2. The molecule has 1 atom stereocenters. The van der Waals surface area contributed by atoms with Crippen molar-refractivity contribution in [2.75, 3.05) is 10.6 Å². The fourth-order valence-electron chi connectivity index (χ4n) is 1.82. The van der Waals surface area contributed by atoms with Crippen LogP contribution in [-0.2, 0) is 0 Å². The number of allylic oxidation sites excluding steroid dienone is 1. The molecule has 2 aromatic rings. The standard InChI is InChI=1S/C16H14N4O/c1-12(16-7-4-8-21-16)20-15-6-3-2-5-14(15)19-11-13(9-17)10-18/h2-8,11-12,19-20H,1H3. The number of nitrogens with one attached hydrogen (secondary N) is 2. The van der Waals surface area contributed by atoms with Crippen molar-refractivity contribution in [1.29, 1.82) is 10.5 Å². The Morgan fingerprint density at radius 2 is 1.86 bits per heavy atom. The lowest BCUT2D eigenvalue weighted by molar-refractivity contribution is 0.490. The molecule has 21 heavy (non-hydrogen) atoms. The van der Waals surface area contributed by atoms with Crippen molar-refractivity contribution >= 4 is 11.4 Å². The number of nitrogens with zero attached hydrogens (tertiary/aromatic N) is 2. The first-order valence-corrected chi connectivity index (χ1v) is 6.40. The quantitative estimate of drug-likeness (QED) is 0.813. The Labute approximate surface area is 123 Å². The molecule has 1 heterocycles. The van der Waals surface area contributed by atoms with Gasteiger partial charge in [0, 0.05) is 6.20 Å². The summed E-state index contributed by atoms with van der Waals surface area (Å²) >= 11 is 0. The van der Waals surface area contributed by atoms with Crippen molar-refractivity contribution in [3.05, 3.63) is 60.2 Å². The van der Waals surface area contributed by atoms with Gasteiger partial charge >= 0.3 is 0 Å². The average Bonchev–Trinajstić information content (AvgIpc) is 3.04. The van der Waals surface area contributed by atoms with Crippen LogP contribution in [0.2, 0.25) is 0 Å². The van der Waals surface area contributed by atoms with Gasteiger partial charge in [0.25, 0.3) is 0 Å². The molecule has 2 N–H and O–H groups in total. The number of nitriles is 2. The second kappa shape index (κ2) is 6.83. The van der Waals surface area contributed by atoms with E-state index < -0.39 is 0 Å². The summed E-state index contributed by atoms with van der Waals surface area (Å²) in [6.45, 7) is 1.99. The maximum atomic E-state index is 8.73. The van der Waals surface area contributed by atoms with Crippen LogP contribution in [0.3, 0.4) is 0 Å². The van der Waals surface area contributed by atoms with Crippen LogP contribution < -0.4 is 10.6 Å². The van der Waals surface area contributed by atoms with Crippen LogP contribution in [0.1, 0.15) is 18.7 Å². The Morgan fingerprint density at radius 3 is 2.48 bits per heavy atom. The molecule has 0 aliphatic carbocycles. The highest BCUT2D eigenvalue weighted by Crippen LogP contribution is 2.26. The number of furan rings is 1. The molecule has 0 fully saturated rings. The number of para-hydroxylation sites is 2. The largest absolute Gasteiger partial charge is 0.467 e. The van der Waals surface area contributed by atoms with Crippen LogP contribution in [0.5, 0.6) is 0 Å². The Hall–Kier alpha value is -3.18. The van der Waals surface area contributed by atoms with E-state index in [2.05, 4.69) is 10.6 Å². The summed E-state index contributed by atoms with van der Waals surface area (Å²) in [6, 6.07) is 14.9. The van der Waals surface area contributed by atoms with Gasteiger partial charge in [-0.25, -0.2) is 0 Å². The summed E-state index contributed by atoms with van der Waals surface area (Å²) in [5.74, 6) is 0.829. The van der Waals surface area contributed by atoms with E-state index in [-0.39, 0.29) is 11.6 Å². The first-order chi connectivity index (χ1) is 10.2. The minimum absolute atomic E-state index is 0.00154. The fourth-order valence-corrected chi connectivity index (χ4v) is 1.82. The summed E-state index contributed by atoms with van der Waals surface area (Å²) in [4.78, 5) is 0. The Morgan fingerprint density at radius 1 is 1.14 bits per heavy atom. The van der Waals surface area contributed by atoms with Gasteiger partial charge < -0.3 is 15.1 Å². The van der Waals surface area contributed by atoms with Gasteiger partial charge in [-0.1, -0.05) is 12.1 Å². The third-order valence-electron chi connectivity index (χ3n) is 2.88. The van der Waals surface area contributed by atoms with Crippen LogP contribution >= 0.6 is 0 Å². The highest BCUT2D eigenvalue weighted by atomic mass is 16.3. The molecule has 2 rings (SSSR count). The van der Waals surface area contributed by atoms with Crippen LogP contribution in [0, 0.1) is 22.7 Å². The molecule has 1 unspecified atom stereocenters. The van der Waals surface area contributed by atoms with E-state index in [1.165, 1.54) is 6.20 Å². The second-order valence-corrected chi connectivity index (χ2v) is 4.35. The van der Waals surface area contributed by atoms with Gasteiger partial charge in [-0.15, -0.1) is 0 Å². The Kier molecular flexibility index (Phi) is 4.63. The second-order valence-electron chi connectivity index (χ2n) is 4.35. The molecule has 104 valence electrons. The van der Waals surface area contributed by atoms with E-state index in [1.807, 2.05) is 43.3 Å². The number of rotatable bonds is 5. The molecular formula is C16H14N4O. The number of benzene rings is 1. The third-order valence-corrected chi connectivity index (χ3v) is 2.88. The molecule has 0 aliphatic rings. The van der Waals surface area contributed by atoms with Crippen LogP contribution in [-0.4, -0.2) is 0 Å². The summed E-state index contributed by atoms with van der Waals surface area (Å²) in [7, 11) is 0. The summed E-state index contributed by atoms with van der Waals surface area (Å²) in [5, 5.41) is 23.8. The normalized spacial score (nSPS) is 10.8. The molecule has 1 aromatic heterocycles. The molecule has 0 saturated carbocycles. The minimum Gasteiger partial charge on any atom is -0.467 e. The monoisotopic (exact) mass is 278 g/mol. The molecule has 0 spiro atoms. The molecule has 0 bridgehead atoms. The predicted molar refractivity (Wildman–Crippen MR) is 80.1 cm³/mol. The van der Waals surface area contributed by atoms with E-state index in [1.54, 1.807) is 18.4 Å². The third kappa shape index (κ3) is 3.65. The molecule has 1 aromatic carbocycles. The lowest BCUT2D eigenvalue weighted by Crippen LogP contribution is -2.07. The van der Waals surface area contributed by atoms with E-state index in [0.29, 0.717) is 0 Å². The molecule has 5 heteroatoms. The first-order valence-electron chi connectivity index (χ1n) is 6.40. The zero-order chi connectivity index (χ0) is 15.1. The van der Waals surface area contributed by atoms with Gasteiger partial charge in [0.2, 0.25) is 0 Å². The SMILES string of the molecule is CC(Nc1ccccc1NC=C(C#N)C#N)c1ccco1. The van der Waals surface area contributed by atoms with Crippen molar-refractivity contribution in [3.8, 4) is 12.1 Å². The zero-order valence-electron chi connectivity index (χ0n) is 11.5. The fraction of sp³-hybridized carbons (Fsp3) is 0.125. The number of hydrogen-bond acceptors (Lipinski definition) is 5. The van der Waals surface area contributed by atoms with Crippen LogP contribution in [0.4, 0.5) is 11.4 Å². The van der Waals surface area contributed by atoms with Crippen molar-refractivity contribution in [3.63, 3.8) is 0 Å². The van der Waals surface area contributed by atoms with E-state index in [4.69, 9.17) is 14.9 Å². The summed E-state index contributed by atoms with van der Waals surface area (Å²) in [5.41, 5.74) is 1.65.